The van der Waals surface area contributed by atoms with E-state index in [2.05, 4.69) is 26.9 Å². The second kappa shape index (κ2) is 7.67. The number of nitrogens with zero attached hydrogens (tertiary/aromatic N) is 3. The van der Waals surface area contributed by atoms with E-state index in [1.165, 1.54) is 16.4 Å². The second-order valence-electron chi connectivity index (χ2n) is 3.76. The van der Waals surface area contributed by atoms with Crippen LogP contribution in [0.25, 0.3) is 0 Å². The summed E-state index contributed by atoms with van der Waals surface area (Å²) in [4.78, 5) is 3.52. The molecule has 0 unspecified atom stereocenters. The molecular weight excluding hydrogens is 224 g/mol. The number of methoxy groups -OCH3 is 1. The smallest absolute Gasteiger partial charge is 0.0769 e. The van der Waals surface area contributed by atoms with E-state index in [4.69, 9.17) is 4.74 Å². The van der Waals surface area contributed by atoms with Gasteiger partial charge in [-0.3, -0.25) is 4.90 Å². The SMILES string of the molecule is COCCNCCN(C)Cc1snnc1C. The minimum absolute atomic E-state index is 0.765. The Morgan fingerprint density at radius 1 is 1.44 bits per heavy atom. The third-order valence-electron chi connectivity index (χ3n) is 2.31. The molecule has 1 aromatic rings. The molecule has 1 rings (SSSR count). The molecule has 16 heavy (non-hydrogen) atoms. The number of ether oxygens (including phenoxy) is 1. The highest BCUT2D eigenvalue weighted by molar-refractivity contribution is 7.05. The molecule has 0 amide bonds. The lowest BCUT2D eigenvalue weighted by molar-refractivity contribution is 0.197. The molecule has 0 aliphatic heterocycles. The molecule has 1 aromatic heterocycles. The number of nitrogens with one attached hydrogen (secondary N) is 1. The van der Waals surface area contributed by atoms with Crippen LogP contribution in [0.4, 0.5) is 0 Å². The number of rotatable bonds is 8. The minimum Gasteiger partial charge on any atom is -0.383 e. The fraction of sp³-hybridized carbons (Fsp3) is 0.800. The highest BCUT2D eigenvalue weighted by Crippen LogP contribution is 2.10. The van der Waals surface area contributed by atoms with E-state index in [9.17, 15) is 0 Å². The predicted octanol–water partition coefficient (Wildman–Crippen LogP) is 0.514. The van der Waals surface area contributed by atoms with Gasteiger partial charge < -0.3 is 10.1 Å². The fourth-order valence-electron chi connectivity index (χ4n) is 1.29. The summed E-state index contributed by atoms with van der Waals surface area (Å²) in [5.74, 6) is 0. The van der Waals surface area contributed by atoms with Crippen LogP contribution in [0.3, 0.4) is 0 Å². The van der Waals surface area contributed by atoms with Gasteiger partial charge in [0.2, 0.25) is 0 Å². The van der Waals surface area contributed by atoms with Gasteiger partial charge in [0.05, 0.1) is 17.2 Å². The van der Waals surface area contributed by atoms with E-state index < -0.39 is 0 Å². The van der Waals surface area contributed by atoms with Crippen molar-refractivity contribution in [2.45, 2.75) is 13.5 Å². The van der Waals surface area contributed by atoms with Crippen LogP contribution < -0.4 is 5.32 Å². The van der Waals surface area contributed by atoms with Crippen molar-refractivity contribution >= 4 is 11.5 Å². The third-order valence-corrected chi connectivity index (χ3v) is 3.12. The summed E-state index contributed by atoms with van der Waals surface area (Å²) in [6.45, 7) is 6.60. The molecule has 0 radical (unpaired) electrons. The molecule has 0 bridgehead atoms. The lowest BCUT2D eigenvalue weighted by Gasteiger charge is -2.15. The zero-order chi connectivity index (χ0) is 11.8. The molecule has 1 N–H and O–H groups in total. The summed E-state index contributed by atoms with van der Waals surface area (Å²) in [6.07, 6.45) is 0. The summed E-state index contributed by atoms with van der Waals surface area (Å²) >= 11 is 1.48. The summed E-state index contributed by atoms with van der Waals surface area (Å²) < 4.78 is 8.89. The van der Waals surface area contributed by atoms with Crippen LogP contribution in [-0.4, -0.2) is 54.9 Å². The first-order valence-corrected chi connectivity index (χ1v) is 6.17. The van der Waals surface area contributed by atoms with Crippen molar-refractivity contribution in [3.63, 3.8) is 0 Å². The average Bonchev–Trinajstić information content (AvgIpc) is 2.64. The Balaban J connectivity index is 2.11. The van der Waals surface area contributed by atoms with Crippen LogP contribution in [0.1, 0.15) is 10.6 Å². The maximum atomic E-state index is 4.96. The first-order chi connectivity index (χ1) is 7.74. The standard InChI is InChI=1S/C10H20N4OS/c1-9-10(16-13-12-9)8-14(2)6-4-11-5-7-15-3/h11H,4-8H2,1-3H3. The average molecular weight is 244 g/mol. The molecular formula is C10H20N4OS. The van der Waals surface area contributed by atoms with E-state index >= 15 is 0 Å². The quantitative estimate of drug-likeness (QED) is 0.675. The first kappa shape index (κ1) is 13.5. The topological polar surface area (TPSA) is 50.3 Å². The molecule has 0 aromatic carbocycles. The number of aromatic nitrogens is 2. The van der Waals surface area contributed by atoms with Gasteiger partial charge in [-0.15, -0.1) is 5.10 Å². The van der Waals surface area contributed by atoms with Gasteiger partial charge in [-0.25, -0.2) is 0 Å². The first-order valence-electron chi connectivity index (χ1n) is 5.40. The van der Waals surface area contributed by atoms with Crippen molar-refractivity contribution in [1.29, 1.82) is 0 Å². The maximum absolute atomic E-state index is 4.96. The van der Waals surface area contributed by atoms with E-state index in [1.807, 2.05) is 6.92 Å². The molecule has 5 nitrogen and oxygen atoms in total. The van der Waals surface area contributed by atoms with Gasteiger partial charge in [-0.1, -0.05) is 4.49 Å². The Bertz CT molecular complexity index is 292. The molecule has 0 saturated heterocycles. The lowest BCUT2D eigenvalue weighted by Crippen LogP contribution is -2.30. The predicted molar refractivity (Wildman–Crippen MR) is 65.7 cm³/mol. The van der Waals surface area contributed by atoms with Crippen LogP contribution >= 0.6 is 11.5 Å². The Kier molecular flexibility index (Phi) is 6.47. The number of hydrogen-bond donors (Lipinski definition) is 1. The highest BCUT2D eigenvalue weighted by Gasteiger charge is 2.06. The van der Waals surface area contributed by atoms with Crippen molar-refractivity contribution in [3.05, 3.63) is 10.6 Å². The Labute approximate surface area is 101 Å². The number of hydrogen-bond acceptors (Lipinski definition) is 6. The second-order valence-corrected chi connectivity index (χ2v) is 4.60. The zero-order valence-electron chi connectivity index (χ0n) is 10.2. The summed E-state index contributed by atoms with van der Waals surface area (Å²) in [5.41, 5.74) is 1.05. The van der Waals surface area contributed by atoms with Crippen LogP contribution in [0.5, 0.6) is 0 Å². The molecule has 0 fully saturated rings. The van der Waals surface area contributed by atoms with Crippen LogP contribution in [0, 0.1) is 6.92 Å². The van der Waals surface area contributed by atoms with Crippen LogP contribution in [0.2, 0.25) is 0 Å². The van der Waals surface area contributed by atoms with Crippen molar-refractivity contribution in [1.82, 2.24) is 19.8 Å². The maximum Gasteiger partial charge on any atom is 0.0769 e. The molecule has 0 saturated carbocycles. The van der Waals surface area contributed by atoms with E-state index in [0.717, 1.165) is 38.5 Å². The van der Waals surface area contributed by atoms with Gasteiger partial charge in [0.15, 0.2) is 0 Å². The molecule has 92 valence electrons. The van der Waals surface area contributed by atoms with Crippen LogP contribution in [0.15, 0.2) is 0 Å². The van der Waals surface area contributed by atoms with Crippen molar-refractivity contribution < 1.29 is 4.74 Å². The van der Waals surface area contributed by atoms with E-state index in [-0.39, 0.29) is 0 Å². The van der Waals surface area contributed by atoms with E-state index in [1.54, 1.807) is 7.11 Å². The van der Waals surface area contributed by atoms with Gasteiger partial charge in [-0.05, 0) is 25.5 Å². The Morgan fingerprint density at radius 2 is 2.25 bits per heavy atom. The molecule has 0 aliphatic carbocycles. The van der Waals surface area contributed by atoms with Gasteiger partial charge in [-0.2, -0.15) is 0 Å². The van der Waals surface area contributed by atoms with Gasteiger partial charge in [0.1, 0.15) is 0 Å². The van der Waals surface area contributed by atoms with Gasteiger partial charge >= 0.3 is 0 Å². The molecule has 0 aliphatic rings. The summed E-state index contributed by atoms with van der Waals surface area (Å²) in [7, 11) is 3.82. The van der Waals surface area contributed by atoms with Gasteiger partial charge in [0, 0.05) is 33.3 Å². The van der Waals surface area contributed by atoms with Crippen molar-refractivity contribution in [2.24, 2.45) is 0 Å². The van der Waals surface area contributed by atoms with Crippen LogP contribution in [-0.2, 0) is 11.3 Å². The third kappa shape index (κ3) is 4.98. The molecule has 0 spiro atoms. The van der Waals surface area contributed by atoms with Crippen molar-refractivity contribution in [2.75, 3.05) is 40.4 Å². The highest BCUT2D eigenvalue weighted by atomic mass is 32.1. The zero-order valence-corrected chi connectivity index (χ0v) is 11.0. The Morgan fingerprint density at radius 3 is 2.88 bits per heavy atom. The summed E-state index contributed by atoms with van der Waals surface area (Å²) in [5, 5.41) is 7.32. The Hall–Kier alpha value is -0.560. The number of likely N-dealkylation sites (N-methyl/N-ethyl adjacent to an activating group) is 1. The van der Waals surface area contributed by atoms with Gasteiger partial charge in [0.25, 0.3) is 0 Å². The largest absolute Gasteiger partial charge is 0.383 e. The monoisotopic (exact) mass is 244 g/mol. The molecule has 1 heterocycles. The molecule has 6 heteroatoms. The normalized spacial score (nSPS) is 11.2. The lowest BCUT2D eigenvalue weighted by atomic mass is 10.3. The fourth-order valence-corrected chi connectivity index (χ4v) is 2.00. The summed E-state index contributed by atoms with van der Waals surface area (Å²) in [6, 6.07) is 0. The number of aryl methyl sites for hydroxylation is 1. The minimum atomic E-state index is 0.765. The van der Waals surface area contributed by atoms with E-state index in [0.29, 0.717) is 0 Å². The van der Waals surface area contributed by atoms with Crippen molar-refractivity contribution in [3.8, 4) is 0 Å². The molecule has 0 atom stereocenters.